The molecule has 2 aromatic carbocycles. The van der Waals surface area contributed by atoms with Gasteiger partial charge in [0.15, 0.2) is 0 Å². The van der Waals surface area contributed by atoms with E-state index in [0.717, 1.165) is 33.0 Å². The van der Waals surface area contributed by atoms with Crippen LogP contribution in [0.5, 0.6) is 0 Å². The summed E-state index contributed by atoms with van der Waals surface area (Å²) in [5, 5.41) is 0. The molecule has 0 bridgehead atoms. The second kappa shape index (κ2) is 7.63. The maximum atomic E-state index is 6.73. The lowest BCUT2D eigenvalue weighted by molar-refractivity contribution is 0.00578. The highest BCUT2D eigenvalue weighted by atomic mass is 16.7. The van der Waals surface area contributed by atoms with Gasteiger partial charge in [0.1, 0.15) is 11.3 Å². The molecule has 0 aromatic heterocycles. The van der Waals surface area contributed by atoms with Gasteiger partial charge >= 0.3 is 28.1 Å². The van der Waals surface area contributed by atoms with Gasteiger partial charge in [-0.15, -0.1) is 0 Å². The van der Waals surface area contributed by atoms with Crippen molar-refractivity contribution in [3.05, 3.63) is 58.8 Å². The first-order valence-electron chi connectivity index (χ1n) is 13.5. The van der Waals surface area contributed by atoms with Crippen LogP contribution in [0.3, 0.4) is 0 Å². The van der Waals surface area contributed by atoms with E-state index in [-0.39, 0.29) is 13.8 Å². The number of hydrogen-bond donors (Lipinski definition) is 0. The van der Waals surface area contributed by atoms with Crippen molar-refractivity contribution in [1.29, 1.82) is 0 Å². The molecule has 2 saturated heterocycles. The lowest BCUT2D eigenvalue weighted by atomic mass is 9.34. The normalized spacial score (nSPS) is 24.7. The monoisotopic (exact) mass is 508 g/mol. The fraction of sp³-hybridized carbons (Fsp3) is 0.429. The largest absolute Gasteiger partial charge is 0.557 e. The summed E-state index contributed by atoms with van der Waals surface area (Å²) in [5.74, 6) is 0. The van der Waals surface area contributed by atoms with Crippen LogP contribution in [0.15, 0.2) is 47.7 Å². The molecule has 10 heteroatoms. The fourth-order valence-electron chi connectivity index (χ4n) is 5.89. The molecule has 38 heavy (non-hydrogen) atoms. The molecule has 0 N–H and O–H groups in total. The Hall–Kier alpha value is -2.38. The number of benzene rings is 2. The van der Waals surface area contributed by atoms with Crippen LogP contribution < -0.4 is 21.9 Å². The Labute approximate surface area is 226 Å². The molecular formula is C28H32B4O6. The van der Waals surface area contributed by atoms with E-state index in [1.807, 2.05) is 0 Å². The van der Waals surface area contributed by atoms with Crippen molar-refractivity contribution in [2.24, 2.45) is 0 Å². The van der Waals surface area contributed by atoms with Crippen LogP contribution in [-0.4, -0.2) is 50.5 Å². The molecule has 0 unspecified atom stereocenters. The van der Waals surface area contributed by atoms with Crippen molar-refractivity contribution in [2.75, 3.05) is 0 Å². The first-order valence-corrected chi connectivity index (χ1v) is 13.5. The average Bonchev–Trinajstić information content (AvgIpc) is 3.21. The molecule has 0 amide bonds. The van der Waals surface area contributed by atoms with Gasteiger partial charge in [0, 0.05) is 0 Å². The predicted octanol–water partition coefficient (Wildman–Crippen LogP) is 2.22. The lowest BCUT2D eigenvalue weighted by Crippen LogP contribution is -2.73. The molecule has 0 saturated carbocycles. The lowest BCUT2D eigenvalue weighted by Gasteiger charge is -2.37. The smallest absolute Gasteiger partial charge is 0.529 e. The van der Waals surface area contributed by atoms with Gasteiger partial charge in [-0.05, 0) is 101 Å². The predicted molar refractivity (Wildman–Crippen MR) is 153 cm³/mol. The third-order valence-corrected chi connectivity index (χ3v) is 9.51. The minimum Gasteiger partial charge on any atom is -0.557 e. The van der Waals surface area contributed by atoms with E-state index in [2.05, 4.69) is 104 Å². The van der Waals surface area contributed by atoms with Crippen molar-refractivity contribution in [1.82, 2.24) is 0 Å². The van der Waals surface area contributed by atoms with E-state index >= 15 is 0 Å². The molecule has 0 aliphatic carbocycles. The molecule has 0 radical (unpaired) electrons. The quantitative estimate of drug-likeness (QED) is 0.581. The van der Waals surface area contributed by atoms with Gasteiger partial charge < -0.3 is 27.9 Å². The van der Waals surface area contributed by atoms with Crippen molar-refractivity contribution in [2.45, 2.75) is 77.8 Å². The minimum absolute atomic E-state index is 0.276. The molecule has 0 spiro atoms. The molecule has 6 nitrogen and oxygen atoms in total. The highest BCUT2D eigenvalue weighted by Crippen LogP contribution is 2.41. The van der Waals surface area contributed by atoms with Crippen LogP contribution in [0.2, 0.25) is 0 Å². The summed E-state index contributed by atoms with van der Waals surface area (Å²) in [7, 11) is -1.14. The Kier molecular flexibility index (Phi) is 4.95. The van der Waals surface area contributed by atoms with Crippen molar-refractivity contribution >= 4 is 62.1 Å². The summed E-state index contributed by atoms with van der Waals surface area (Å²) in [6.07, 6.45) is 4.11. The Bertz CT molecular complexity index is 1290. The van der Waals surface area contributed by atoms with E-state index in [0.29, 0.717) is 11.3 Å². The molecule has 192 valence electrons. The summed E-state index contributed by atoms with van der Waals surface area (Å²) in [5.41, 5.74) is 6.22. The second-order valence-electron chi connectivity index (χ2n) is 13.0. The van der Waals surface area contributed by atoms with Crippen LogP contribution in [0, 0.1) is 0 Å². The standard InChI is InChI=1S/C28H32B4O6/c1-25(2)26(3,4)36-31(35-25)21-15-17-11-9-14-20-23(17)29(33-21)19-13-10-12-18-16-22(34-30(20)24(18)19)32-37-27(5,6)28(7,8)38-32/h9-16H,1-8H3. The molecule has 0 atom stereocenters. The van der Waals surface area contributed by atoms with Crippen molar-refractivity contribution in [3.63, 3.8) is 0 Å². The van der Waals surface area contributed by atoms with E-state index in [9.17, 15) is 0 Å². The van der Waals surface area contributed by atoms with Crippen LogP contribution in [-0.2, 0) is 27.9 Å². The van der Waals surface area contributed by atoms with E-state index in [1.54, 1.807) is 0 Å². The molecule has 2 fully saturated rings. The zero-order chi connectivity index (χ0) is 26.8. The average molecular weight is 508 g/mol. The van der Waals surface area contributed by atoms with Gasteiger partial charge in [0.25, 0.3) is 0 Å². The topological polar surface area (TPSA) is 55.4 Å². The molecule has 5 heterocycles. The maximum absolute atomic E-state index is 6.73. The molecule has 7 rings (SSSR count). The van der Waals surface area contributed by atoms with Gasteiger partial charge in [-0.2, -0.15) is 0 Å². The maximum Gasteiger partial charge on any atom is 0.529 e. The van der Waals surface area contributed by atoms with Crippen LogP contribution in [0.25, 0.3) is 12.2 Å². The van der Waals surface area contributed by atoms with Crippen LogP contribution in [0.4, 0.5) is 0 Å². The van der Waals surface area contributed by atoms with Crippen molar-refractivity contribution in [3.8, 4) is 0 Å². The van der Waals surface area contributed by atoms with Gasteiger partial charge in [0.2, 0.25) is 0 Å². The zero-order valence-electron chi connectivity index (χ0n) is 23.4. The summed E-state index contributed by atoms with van der Waals surface area (Å²) in [6.45, 7) is 15.9. The SMILES string of the molecule is CC1(C)OB(C2=Cc3cccc4c3B(O2)c2cccc3c2B4OC(B2OC(C)(C)C(C)(C)O2)=C3)OC1(C)C. The highest BCUT2D eigenvalue weighted by molar-refractivity contribution is 7.00. The summed E-state index contributed by atoms with van der Waals surface area (Å²) < 4.78 is 38.9. The number of rotatable bonds is 2. The summed E-state index contributed by atoms with van der Waals surface area (Å²) >= 11 is 0. The minimum atomic E-state index is -0.569. The Morgan fingerprint density at radius 3 is 1.18 bits per heavy atom. The molecular weight excluding hydrogens is 476 g/mol. The van der Waals surface area contributed by atoms with Gasteiger partial charge in [-0.1, -0.05) is 36.4 Å². The summed E-state index contributed by atoms with van der Waals surface area (Å²) in [4.78, 5) is 0. The third-order valence-electron chi connectivity index (χ3n) is 9.51. The molecule has 5 aliphatic heterocycles. The number of fused-ring (bicyclic) bond motifs is 2. The van der Waals surface area contributed by atoms with E-state index in [4.69, 9.17) is 27.9 Å². The van der Waals surface area contributed by atoms with Gasteiger partial charge in [-0.3, -0.25) is 0 Å². The third kappa shape index (κ3) is 3.33. The second-order valence-corrected chi connectivity index (χ2v) is 13.0. The molecule has 2 aromatic rings. The molecule has 5 aliphatic rings. The van der Waals surface area contributed by atoms with Gasteiger partial charge in [-0.25, -0.2) is 0 Å². The highest BCUT2D eigenvalue weighted by Gasteiger charge is 2.57. The van der Waals surface area contributed by atoms with Crippen molar-refractivity contribution < 1.29 is 27.9 Å². The van der Waals surface area contributed by atoms with Crippen LogP contribution in [0.1, 0.15) is 66.5 Å². The fourth-order valence-corrected chi connectivity index (χ4v) is 5.89. The Morgan fingerprint density at radius 2 is 0.842 bits per heavy atom. The van der Waals surface area contributed by atoms with Crippen LogP contribution >= 0.6 is 0 Å². The van der Waals surface area contributed by atoms with E-state index in [1.165, 1.54) is 0 Å². The summed E-state index contributed by atoms with van der Waals surface area (Å²) in [6, 6.07) is 12.7. The van der Waals surface area contributed by atoms with Gasteiger partial charge in [0.05, 0.1) is 22.4 Å². The first-order chi connectivity index (χ1) is 17.8. The zero-order valence-corrected chi connectivity index (χ0v) is 23.4. The number of hydrogen-bond acceptors (Lipinski definition) is 6. The van der Waals surface area contributed by atoms with E-state index < -0.39 is 36.6 Å². The Morgan fingerprint density at radius 1 is 0.500 bits per heavy atom. The first kappa shape index (κ1) is 24.6. The Balaban J connectivity index is 1.31.